The Morgan fingerprint density at radius 3 is 2.68 bits per heavy atom. The largest absolute Gasteiger partial charge is 0.391 e. The molecule has 1 heterocycles. The van der Waals surface area contributed by atoms with Crippen LogP contribution in [-0.4, -0.2) is 34.2 Å². The predicted octanol–water partition coefficient (Wildman–Crippen LogP) is 3.43. The molecule has 0 aromatic carbocycles. The molecule has 0 saturated heterocycles. The van der Waals surface area contributed by atoms with Crippen LogP contribution in [0.25, 0.3) is 0 Å². The molecule has 3 nitrogen and oxygen atoms in total. The molecule has 1 aliphatic carbocycles. The Morgan fingerprint density at radius 2 is 2.05 bits per heavy atom. The number of aliphatic hydroxyl groups is 1. The van der Waals surface area contributed by atoms with Crippen LogP contribution < -0.4 is 0 Å². The molecule has 1 aliphatic rings. The summed E-state index contributed by atoms with van der Waals surface area (Å²) >= 11 is 12.4. The fourth-order valence-corrected chi connectivity index (χ4v) is 3.39. The second-order valence-electron chi connectivity index (χ2n) is 5.35. The molecular formula is C14H20Cl2N2O. The molecule has 1 saturated carbocycles. The van der Waals surface area contributed by atoms with Crippen LogP contribution in [-0.2, 0) is 6.54 Å². The first-order chi connectivity index (χ1) is 8.99. The number of pyridine rings is 1. The SMILES string of the molecule is Cc1cc(Cl)c(CN(C)C2CCCCC2O)c(Cl)n1. The molecule has 2 atom stereocenters. The second kappa shape index (κ2) is 6.40. The monoisotopic (exact) mass is 302 g/mol. The van der Waals surface area contributed by atoms with E-state index in [9.17, 15) is 5.11 Å². The molecular weight excluding hydrogens is 283 g/mol. The van der Waals surface area contributed by atoms with Gasteiger partial charge in [-0.2, -0.15) is 0 Å². The normalized spacial score (nSPS) is 23.9. The first-order valence-electron chi connectivity index (χ1n) is 6.69. The van der Waals surface area contributed by atoms with Gasteiger partial charge >= 0.3 is 0 Å². The van der Waals surface area contributed by atoms with Crippen LogP contribution in [0.1, 0.15) is 36.9 Å². The topological polar surface area (TPSA) is 36.4 Å². The van der Waals surface area contributed by atoms with Crippen LogP contribution in [0.3, 0.4) is 0 Å². The Bertz CT molecular complexity index is 430. The summed E-state index contributed by atoms with van der Waals surface area (Å²) in [5.74, 6) is 0. The fraction of sp³-hybridized carbons (Fsp3) is 0.643. The van der Waals surface area contributed by atoms with Crippen molar-refractivity contribution in [2.45, 2.75) is 51.3 Å². The molecule has 1 fully saturated rings. The highest BCUT2D eigenvalue weighted by Gasteiger charge is 2.27. The summed E-state index contributed by atoms with van der Waals surface area (Å²) in [7, 11) is 2.01. The maximum Gasteiger partial charge on any atom is 0.135 e. The molecule has 0 bridgehead atoms. The van der Waals surface area contributed by atoms with E-state index in [1.54, 1.807) is 0 Å². The quantitative estimate of drug-likeness (QED) is 0.869. The summed E-state index contributed by atoms with van der Waals surface area (Å²) in [6.45, 7) is 2.49. The van der Waals surface area contributed by atoms with Crippen LogP contribution in [0.4, 0.5) is 0 Å². The Morgan fingerprint density at radius 1 is 1.37 bits per heavy atom. The third-order valence-corrected chi connectivity index (χ3v) is 4.46. The molecule has 1 N–H and O–H groups in total. The van der Waals surface area contributed by atoms with E-state index in [1.807, 2.05) is 20.0 Å². The van der Waals surface area contributed by atoms with Gasteiger partial charge < -0.3 is 5.11 Å². The predicted molar refractivity (Wildman–Crippen MR) is 78.7 cm³/mol. The minimum Gasteiger partial charge on any atom is -0.391 e. The zero-order valence-electron chi connectivity index (χ0n) is 11.4. The molecule has 0 spiro atoms. The minimum atomic E-state index is -0.255. The second-order valence-corrected chi connectivity index (χ2v) is 6.11. The average Bonchev–Trinajstić information content (AvgIpc) is 2.34. The van der Waals surface area contributed by atoms with Gasteiger partial charge in [0.25, 0.3) is 0 Å². The van der Waals surface area contributed by atoms with Gasteiger partial charge in [-0.05, 0) is 32.9 Å². The number of nitrogens with zero attached hydrogens (tertiary/aromatic N) is 2. The number of hydrogen-bond acceptors (Lipinski definition) is 3. The zero-order chi connectivity index (χ0) is 14.0. The van der Waals surface area contributed by atoms with Crippen LogP contribution in [0.15, 0.2) is 6.07 Å². The lowest BCUT2D eigenvalue weighted by molar-refractivity contribution is 0.0288. The summed E-state index contributed by atoms with van der Waals surface area (Å²) in [6.07, 6.45) is 3.92. The molecule has 1 aromatic heterocycles. The average molecular weight is 303 g/mol. The Hall–Kier alpha value is -0.350. The van der Waals surface area contributed by atoms with Gasteiger partial charge in [-0.15, -0.1) is 0 Å². The van der Waals surface area contributed by atoms with E-state index in [4.69, 9.17) is 23.2 Å². The molecule has 106 valence electrons. The van der Waals surface area contributed by atoms with Gasteiger partial charge in [0.1, 0.15) is 5.15 Å². The molecule has 19 heavy (non-hydrogen) atoms. The van der Waals surface area contributed by atoms with E-state index in [2.05, 4.69) is 9.88 Å². The molecule has 0 aliphatic heterocycles. The van der Waals surface area contributed by atoms with Crippen molar-refractivity contribution in [2.75, 3.05) is 7.05 Å². The van der Waals surface area contributed by atoms with Crippen molar-refractivity contribution in [1.29, 1.82) is 0 Å². The Kier molecular flexibility index (Phi) is 5.07. The lowest BCUT2D eigenvalue weighted by atomic mass is 9.91. The number of hydrogen-bond donors (Lipinski definition) is 1. The molecule has 2 unspecified atom stereocenters. The van der Waals surface area contributed by atoms with Gasteiger partial charge in [0.05, 0.1) is 6.10 Å². The lowest BCUT2D eigenvalue weighted by Gasteiger charge is -2.35. The highest BCUT2D eigenvalue weighted by molar-refractivity contribution is 6.35. The third kappa shape index (κ3) is 3.60. The van der Waals surface area contributed by atoms with E-state index in [1.165, 1.54) is 6.42 Å². The molecule has 2 rings (SSSR count). The fourth-order valence-electron chi connectivity index (χ4n) is 2.74. The Balaban J connectivity index is 2.12. The molecule has 0 radical (unpaired) electrons. The third-order valence-electron chi connectivity index (χ3n) is 3.82. The van der Waals surface area contributed by atoms with Crippen LogP contribution >= 0.6 is 23.2 Å². The first kappa shape index (κ1) is 15.0. The number of aryl methyl sites for hydroxylation is 1. The van der Waals surface area contributed by atoms with Crippen LogP contribution in [0.2, 0.25) is 10.2 Å². The highest BCUT2D eigenvalue weighted by atomic mass is 35.5. The van der Waals surface area contributed by atoms with Crippen molar-refractivity contribution >= 4 is 23.2 Å². The number of aromatic nitrogens is 1. The summed E-state index contributed by atoms with van der Waals surface area (Å²) in [5.41, 5.74) is 1.66. The number of rotatable bonds is 3. The van der Waals surface area contributed by atoms with Gasteiger partial charge in [-0.3, -0.25) is 4.90 Å². The number of aliphatic hydroxyl groups excluding tert-OH is 1. The van der Waals surface area contributed by atoms with Gasteiger partial charge in [0.15, 0.2) is 0 Å². The van der Waals surface area contributed by atoms with Gasteiger partial charge in [0, 0.05) is 28.9 Å². The van der Waals surface area contributed by atoms with Crippen LogP contribution in [0, 0.1) is 6.92 Å². The summed E-state index contributed by atoms with van der Waals surface area (Å²) < 4.78 is 0. The standard InChI is InChI=1S/C14H20Cl2N2O/c1-9-7-11(15)10(14(16)17-9)8-18(2)12-5-3-4-6-13(12)19/h7,12-13,19H,3-6,8H2,1-2H3. The van der Waals surface area contributed by atoms with Crippen molar-refractivity contribution in [3.63, 3.8) is 0 Å². The zero-order valence-corrected chi connectivity index (χ0v) is 12.9. The minimum absolute atomic E-state index is 0.183. The maximum absolute atomic E-state index is 10.1. The maximum atomic E-state index is 10.1. The first-order valence-corrected chi connectivity index (χ1v) is 7.44. The highest BCUT2D eigenvalue weighted by Crippen LogP contribution is 2.28. The van der Waals surface area contributed by atoms with Crippen molar-refractivity contribution in [3.8, 4) is 0 Å². The van der Waals surface area contributed by atoms with E-state index in [-0.39, 0.29) is 12.1 Å². The van der Waals surface area contributed by atoms with Crippen molar-refractivity contribution < 1.29 is 5.11 Å². The lowest BCUT2D eigenvalue weighted by Crippen LogP contribution is -2.43. The molecule has 0 amide bonds. The van der Waals surface area contributed by atoms with Crippen molar-refractivity contribution in [1.82, 2.24) is 9.88 Å². The number of likely N-dealkylation sites (N-methyl/N-ethyl adjacent to an activating group) is 1. The Labute approximate surface area is 124 Å². The van der Waals surface area contributed by atoms with Crippen molar-refractivity contribution in [3.05, 3.63) is 27.5 Å². The van der Waals surface area contributed by atoms with Gasteiger partial charge in [0.2, 0.25) is 0 Å². The van der Waals surface area contributed by atoms with Gasteiger partial charge in [-0.1, -0.05) is 36.0 Å². The summed E-state index contributed by atoms with van der Waals surface area (Å²) in [5, 5.41) is 11.2. The molecule has 1 aromatic rings. The smallest absolute Gasteiger partial charge is 0.135 e. The van der Waals surface area contributed by atoms with E-state index in [0.29, 0.717) is 16.7 Å². The molecule has 5 heteroatoms. The summed E-state index contributed by atoms with van der Waals surface area (Å²) in [4.78, 5) is 6.38. The number of halogens is 2. The van der Waals surface area contributed by atoms with E-state index in [0.717, 1.165) is 30.5 Å². The van der Waals surface area contributed by atoms with E-state index >= 15 is 0 Å². The van der Waals surface area contributed by atoms with Crippen LogP contribution in [0.5, 0.6) is 0 Å². The van der Waals surface area contributed by atoms with Gasteiger partial charge in [-0.25, -0.2) is 4.98 Å². The van der Waals surface area contributed by atoms with E-state index < -0.39 is 0 Å². The van der Waals surface area contributed by atoms with Crippen molar-refractivity contribution in [2.24, 2.45) is 0 Å². The summed E-state index contributed by atoms with van der Waals surface area (Å²) in [6, 6.07) is 2.01.